The quantitative estimate of drug-likeness (QED) is 0.346. The third kappa shape index (κ3) is 4.70. The highest BCUT2D eigenvalue weighted by Gasteiger charge is 2.11. The molecule has 0 spiro atoms. The molecule has 2 aromatic carbocycles. The predicted octanol–water partition coefficient (Wildman–Crippen LogP) is 4.23. The molecule has 0 heterocycles. The van der Waals surface area contributed by atoms with Crippen LogP contribution in [0.3, 0.4) is 0 Å². The first-order valence-corrected chi connectivity index (χ1v) is 8.36. The van der Waals surface area contributed by atoms with Crippen LogP contribution in [-0.4, -0.2) is 25.8 Å². The van der Waals surface area contributed by atoms with E-state index in [9.17, 15) is 9.59 Å². The highest BCUT2D eigenvalue weighted by atomic mass is 16.5. The zero-order chi connectivity index (χ0) is 18.8. The van der Waals surface area contributed by atoms with Gasteiger partial charge < -0.3 is 9.47 Å². The van der Waals surface area contributed by atoms with Crippen molar-refractivity contribution in [1.82, 2.24) is 0 Å². The largest absolute Gasteiger partial charge is 0.489 e. The molecule has 26 heavy (non-hydrogen) atoms. The van der Waals surface area contributed by atoms with Crippen LogP contribution in [0.4, 0.5) is 0 Å². The molecular formula is C22H22O4. The molecule has 4 nitrogen and oxygen atoms in total. The molecule has 0 aliphatic rings. The van der Waals surface area contributed by atoms with Crippen LogP contribution < -0.4 is 9.47 Å². The molecule has 0 unspecified atom stereocenters. The summed E-state index contributed by atoms with van der Waals surface area (Å²) in [4.78, 5) is 22.5. The molecule has 0 radical (unpaired) electrons. The minimum atomic E-state index is 0.246. The molecule has 0 saturated heterocycles. The predicted molar refractivity (Wildman–Crippen MR) is 102 cm³/mol. The molecule has 0 aliphatic heterocycles. The van der Waals surface area contributed by atoms with Gasteiger partial charge in [0.1, 0.15) is 24.7 Å². The molecular weight excluding hydrogens is 328 g/mol. The summed E-state index contributed by atoms with van der Waals surface area (Å²) >= 11 is 0. The van der Waals surface area contributed by atoms with Crippen LogP contribution in [0.2, 0.25) is 0 Å². The fourth-order valence-electron chi connectivity index (χ4n) is 2.67. The number of ether oxygens (including phenoxy) is 2. The van der Waals surface area contributed by atoms with Gasteiger partial charge in [-0.1, -0.05) is 36.4 Å². The van der Waals surface area contributed by atoms with Gasteiger partial charge >= 0.3 is 0 Å². The molecule has 0 aromatic heterocycles. The van der Waals surface area contributed by atoms with Crippen LogP contribution in [0.15, 0.2) is 61.7 Å². The first-order valence-electron chi connectivity index (χ1n) is 8.36. The molecule has 4 heteroatoms. The summed E-state index contributed by atoms with van der Waals surface area (Å²) in [6, 6.07) is 10.8. The van der Waals surface area contributed by atoms with Gasteiger partial charge in [-0.05, 0) is 36.1 Å². The summed E-state index contributed by atoms with van der Waals surface area (Å²) in [5.41, 5.74) is 2.77. The van der Waals surface area contributed by atoms with Gasteiger partial charge in [0.2, 0.25) is 0 Å². The van der Waals surface area contributed by atoms with Crippen molar-refractivity contribution in [3.8, 4) is 11.5 Å². The Morgan fingerprint density at radius 1 is 0.731 bits per heavy atom. The van der Waals surface area contributed by atoms with E-state index in [1.807, 2.05) is 24.3 Å². The fourth-order valence-corrected chi connectivity index (χ4v) is 2.67. The third-order valence-corrected chi connectivity index (χ3v) is 3.81. The molecule has 0 N–H and O–H groups in total. The van der Waals surface area contributed by atoms with E-state index in [2.05, 4.69) is 13.2 Å². The number of para-hydroxylation sites is 2. The van der Waals surface area contributed by atoms with Crippen molar-refractivity contribution in [2.75, 3.05) is 13.2 Å². The van der Waals surface area contributed by atoms with Crippen LogP contribution in [0.25, 0.3) is 0 Å². The van der Waals surface area contributed by atoms with Crippen molar-refractivity contribution in [3.05, 3.63) is 84.0 Å². The number of benzene rings is 2. The van der Waals surface area contributed by atoms with E-state index in [-0.39, 0.29) is 13.2 Å². The molecule has 0 fully saturated rings. The number of allylic oxidation sites excluding steroid dienone is 2. The molecule has 0 atom stereocenters. The Kier molecular flexibility index (Phi) is 7.37. The molecule has 2 rings (SSSR count). The number of hydrogen-bond donors (Lipinski definition) is 0. The van der Waals surface area contributed by atoms with Gasteiger partial charge in [0, 0.05) is 0 Å². The van der Waals surface area contributed by atoms with Crippen molar-refractivity contribution < 1.29 is 19.1 Å². The Morgan fingerprint density at radius 3 is 1.50 bits per heavy atom. The summed E-state index contributed by atoms with van der Waals surface area (Å²) in [6.45, 7) is 7.94. The van der Waals surface area contributed by atoms with Gasteiger partial charge in [0.25, 0.3) is 0 Å². The topological polar surface area (TPSA) is 52.6 Å². The molecule has 0 bridgehead atoms. The summed E-state index contributed by atoms with van der Waals surface area (Å²) in [5.74, 6) is 1.09. The second kappa shape index (κ2) is 9.99. The first-order chi connectivity index (χ1) is 12.7. The van der Waals surface area contributed by atoms with Crippen LogP contribution in [0, 0.1) is 0 Å². The second-order valence-corrected chi connectivity index (χ2v) is 5.59. The lowest BCUT2D eigenvalue weighted by molar-refractivity contribution is 0.110. The second-order valence-electron chi connectivity index (χ2n) is 5.59. The summed E-state index contributed by atoms with van der Waals surface area (Å²) in [7, 11) is 0. The fraction of sp³-hybridized carbons (Fsp3) is 0.182. The van der Waals surface area contributed by atoms with E-state index in [0.717, 1.165) is 23.7 Å². The van der Waals surface area contributed by atoms with Crippen LogP contribution >= 0.6 is 0 Å². The maximum absolute atomic E-state index is 11.3. The van der Waals surface area contributed by atoms with E-state index in [1.165, 1.54) is 0 Å². The number of aldehydes is 2. The lowest BCUT2D eigenvalue weighted by Crippen LogP contribution is -2.13. The van der Waals surface area contributed by atoms with Gasteiger partial charge in [-0.25, -0.2) is 0 Å². The lowest BCUT2D eigenvalue weighted by atomic mass is 10.1. The molecule has 0 aliphatic carbocycles. The highest BCUT2D eigenvalue weighted by molar-refractivity contribution is 5.80. The zero-order valence-corrected chi connectivity index (χ0v) is 14.6. The number of hydrogen-bond acceptors (Lipinski definition) is 4. The van der Waals surface area contributed by atoms with Crippen molar-refractivity contribution in [1.29, 1.82) is 0 Å². The third-order valence-electron chi connectivity index (χ3n) is 3.81. The van der Waals surface area contributed by atoms with Gasteiger partial charge in [-0.3, -0.25) is 9.59 Å². The standard InChI is InChI=1S/C22H22O4/c1-3-7-17-9-5-11-19(15-23)21(17)25-13-14-26-22-18(8-4-2)10-6-12-20(22)16-24/h3-6,9-12,15-16H,1-2,7-8,13-14H2. The number of carbonyl (C=O) groups excluding carboxylic acids is 2. The Hall–Kier alpha value is -3.14. The highest BCUT2D eigenvalue weighted by Crippen LogP contribution is 2.25. The van der Waals surface area contributed by atoms with Gasteiger partial charge in [0.15, 0.2) is 12.6 Å². The molecule has 0 amide bonds. The maximum Gasteiger partial charge on any atom is 0.153 e. The molecule has 134 valence electrons. The normalized spacial score (nSPS) is 10.0. The van der Waals surface area contributed by atoms with E-state index in [0.29, 0.717) is 35.5 Å². The smallest absolute Gasteiger partial charge is 0.153 e. The first kappa shape index (κ1) is 19.2. The van der Waals surface area contributed by atoms with Gasteiger partial charge in [0.05, 0.1) is 11.1 Å². The van der Waals surface area contributed by atoms with Crippen molar-refractivity contribution in [3.63, 3.8) is 0 Å². The number of rotatable bonds is 11. The SMILES string of the molecule is C=CCc1cccc(C=O)c1OCCOc1c(C=O)cccc1CC=C. The van der Waals surface area contributed by atoms with E-state index >= 15 is 0 Å². The lowest BCUT2D eigenvalue weighted by Gasteiger charge is -2.15. The summed E-state index contributed by atoms with van der Waals surface area (Å²) < 4.78 is 11.6. The van der Waals surface area contributed by atoms with E-state index < -0.39 is 0 Å². The minimum absolute atomic E-state index is 0.246. The molecule has 2 aromatic rings. The maximum atomic E-state index is 11.3. The Balaban J connectivity index is 2.08. The number of carbonyl (C=O) groups is 2. The average Bonchev–Trinajstić information content (AvgIpc) is 2.67. The summed E-state index contributed by atoms with van der Waals surface area (Å²) in [6.07, 6.45) is 6.27. The van der Waals surface area contributed by atoms with Crippen molar-refractivity contribution in [2.24, 2.45) is 0 Å². The molecule has 0 saturated carbocycles. The van der Waals surface area contributed by atoms with Crippen LogP contribution in [0.1, 0.15) is 31.8 Å². The minimum Gasteiger partial charge on any atom is -0.489 e. The Morgan fingerprint density at radius 2 is 1.15 bits per heavy atom. The Bertz CT molecular complexity index is 725. The zero-order valence-electron chi connectivity index (χ0n) is 14.6. The van der Waals surface area contributed by atoms with Gasteiger partial charge in [-0.15, -0.1) is 13.2 Å². The summed E-state index contributed by atoms with van der Waals surface area (Å²) in [5, 5.41) is 0. The van der Waals surface area contributed by atoms with Crippen molar-refractivity contribution >= 4 is 12.6 Å². The monoisotopic (exact) mass is 350 g/mol. The van der Waals surface area contributed by atoms with Crippen molar-refractivity contribution in [2.45, 2.75) is 12.8 Å². The van der Waals surface area contributed by atoms with Crippen LogP contribution in [0.5, 0.6) is 11.5 Å². The van der Waals surface area contributed by atoms with E-state index in [4.69, 9.17) is 9.47 Å². The van der Waals surface area contributed by atoms with Crippen LogP contribution in [-0.2, 0) is 12.8 Å². The van der Waals surface area contributed by atoms with E-state index in [1.54, 1.807) is 24.3 Å². The Labute approximate surface area is 153 Å². The van der Waals surface area contributed by atoms with Gasteiger partial charge in [-0.2, -0.15) is 0 Å². The average molecular weight is 350 g/mol.